The van der Waals surface area contributed by atoms with Crippen molar-refractivity contribution in [2.75, 3.05) is 20.8 Å². The first kappa shape index (κ1) is 21.9. The van der Waals surface area contributed by atoms with Gasteiger partial charge in [0.1, 0.15) is 17.2 Å². The lowest BCUT2D eigenvalue weighted by atomic mass is 9.73. The van der Waals surface area contributed by atoms with E-state index in [-0.39, 0.29) is 29.9 Å². The summed E-state index contributed by atoms with van der Waals surface area (Å²) in [5, 5.41) is 2.98. The summed E-state index contributed by atoms with van der Waals surface area (Å²) in [5.74, 6) is 1.90. The highest BCUT2D eigenvalue weighted by Gasteiger charge is 2.38. The van der Waals surface area contributed by atoms with Crippen LogP contribution in [0.5, 0.6) is 17.2 Å². The molecule has 0 radical (unpaired) electrons. The van der Waals surface area contributed by atoms with Crippen molar-refractivity contribution in [3.8, 4) is 17.2 Å². The fourth-order valence-corrected chi connectivity index (χ4v) is 4.64. The molecule has 0 saturated heterocycles. The van der Waals surface area contributed by atoms with Gasteiger partial charge in [-0.1, -0.05) is 19.1 Å². The number of carbonyl (C=O) groups excluding carboxylic acids is 2. The first-order valence-electron chi connectivity index (χ1n) is 11.0. The Kier molecular flexibility index (Phi) is 6.49. The molecule has 2 aromatic carbocycles. The van der Waals surface area contributed by atoms with Crippen molar-refractivity contribution >= 4 is 11.7 Å². The molecule has 1 heterocycles. The maximum Gasteiger partial charge on any atom is 0.225 e. The lowest BCUT2D eigenvalue weighted by molar-refractivity contribution is -0.122. The van der Waals surface area contributed by atoms with E-state index in [0.717, 1.165) is 34.6 Å². The zero-order valence-corrected chi connectivity index (χ0v) is 18.8. The maximum absolute atomic E-state index is 13.4. The molecule has 1 amide bonds. The predicted molar refractivity (Wildman–Crippen MR) is 121 cm³/mol. The van der Waals surface area contributed by atoms with Gasteiger partial charge in [-0.3, -0.25) is 9.59 Å². The summed E-state index contributed by atoms with van der Waals surface area (Å²) in [6.07, 6.45) is 2.15. The van der Waals surface area contributed by atoms with Crippen molar-refractivity contribution < 1.29 is 23.8 Å². The van der Waals surface area contributed by atoms with Gasteiger partial charge in [-0.05, 0) is 48.7 Å². The summed E-state index contributed by atoms with van der Waals surface area (Å²) in [7, 11) is 3.23. The third-order valence-corrected chi connectivity index (χ3v) is 6.17. The number of allylic oxidation sites excluding steroid dienone is 2. The van der Waals surface area contributed by atoms with Crippen LogP contribution in [0.4, 0.5) is 0 Å². The van der Waals surface area contributed by atoms with Crippen molar-refractivity contribution in [2.45, 2.75) is 44.4 Å². The minimum absolute atomic E-state index is 0.0638. The average Bonchev–Trinajstić information content (AvgIpc) is 2.81. The molecule has 1 aliphatic heterocycles. The summed E-state index contributed by atoms with van der Waals surface area (Å²) in [6, 6.07) is 13.4. The van der Waals surface area contributed by atoms with Crippen molar-refractivity contribution in [1.29, 1.82) is 0 Å². The van der Waals surface area contributed by atoms with Crippen molar-refractivity contribution in [3.63, 3.8) is 0 Å². The molecule has 0 fully saturated rings. The molecule has 2 atom stereocenters. The number of Topliss-reactive ketones (excluding diaryl/α,β-unsaturated/α-hetero) is 1. The molecule has 4 rings (SSSR count). The van der Waals surface area contributed by atoms with Crippen LogP contribution in [0.2, 0.25) is 0 Å². The number of nitrogens with one attached hydrogen (secondary N) is 1. The van der Waals surface area contributed by atoms with Gasteiger partial charge >= 0.3 is 0 Å². The Balaban J connectivity index is 1.65. The van der Waals surface area contributed by atoms with Crippen molar-refractivity contribution in [3.05, 3.63) is 64.9 Å². The van der Waals surface area contributed by atoms with Gasteiger partial charge in [0.25, 0.3) is 0 Å². The van der Waals surface area contributed by atoms with E-state index < -0.39 is 0 Å². The topological polar surface area (TPSA) is 73.9 Å². The fraction of sp³-hybridized carbons (Fsp3) is 0.385. The largest absolute Gasteiger partial charge is 0.497 e. The van der Waals surface area contributed by atoms with Crippen LogP contribution in [0.3, 0.4) is 0 Å². The number of hydrogen-bond donors (Lipinski definition) is 1. The van der Waals surface area contributed by atoms with Crippen LogP contribution in [-0.4, -0.2) is 32.5 Å². The molecule has 1 N–H and O–H groups in total. The first-order valence-corrected chi connectivity index (χ1v) is 11.0. The van der Waals surface area contributed by atoms with E-state index in [1.807, 2.05) is 42.5 Å². The summed E-state index contributed by atoms with van der Waals surface area (Å²) >= 11 is 0. The van der Waals surface area contributed by atoms with E-state index >= 15 is 0 Å². The van der Waals surface area contributed by atoms with Crippen molar-refractivity contribution in [2.24, 2.45) is 0 Å². The van der Waals surface area contributed by atoms with Gasteiger partial charge in [0.05, 0.1) is 20.8 Å². The van der Waals surface area contributed by atoms with Crippen LogP contribution < -0.4 is 19.5 Å². The number of ether oxygens (including phenoxy) is 3. The number of carbonyl (C=O) groups is 2. The second kappa shape index (κ2) is 9.47. The Morgan fingerprint density at radius 2 is 1.69 bits per heavy atom. The molecule has 2 aromatic rings. The summed E-state index contributed by atoms with van der Waals surface area (Å²) < 4.78 is 16.6. The number of hydrogen-bond acceptors (Lipinski definition) is 5. The van der Waals surface area contributed by atoms with E-state index in [1.165, 1.54) is 0 Å². The predicted octanol–water partition coefficient (Wildman–Crippen LogP) is 4.50. The lowest BCUT2D eigenvalue weighted by Crippen LogP contribution is -2.38. The normalized spacial score (nSPS) is 20.5. The standard InChI is InChI=1S/C26H29NO5/c1-4-11-32-18-7-5-16(6-8-18)21-15-25(29)27-22-12-17(13-23(28)26(21)22)20-14-19(30-2)9-10-24(20)31-3/h5-10,14,17,21H,4,11-13,15H2,1-3H3,(H,27,29)/t17-,21+/m1/s1. The molecule has 6 nitrogen and oxygen atoms in total. The van der Waals surface area contributed by atoms with Gasteiger partial charge in [-0.15, -0.1) is 0 Å². The average molecular weight is 436 g/mol. The summed E-state index contributed by atoms with van der Waals surface area (Å²) in [6.45, 7) is 2.72. The van der Waals surface area contributed by atoms with E-state index in [9.17, 15) is 9.59 Å². The summed E-state index contributed by atoms with van der Waals surface area (Å²) in [5.41, 5.74) is 3.33. The molecule has 0 bridgehead atoms. The van der Waals surface area contributed by atoms with Crippen LogP contribution in [0.15, 0.2) is 53.7 Å². The molecule has 0 saturated carbocycles. The molecule has 0 aromatic heterocycles. The van der Waals surface area contributed by atoms with Gasteiger partial charge in [0.15, 0.2) is 5.78 Å². The summed E-state index contributed by atoms with van der Waals surface area (Å²) in [4.78, 5) is 25.9. The molecule has 6 heteroatoms. The Hall–Kier alpha value is -3.28. The molecule has 32 heavy (non-hydrogen) atoms. The zero-order valence-electron chi connectivity index (χ0n) is 18.8. The Labute approximate surface area is 188 Å². The third kappa shape index (κ3) is 4.35. The second-order valence-corrected chi connectivity index (χ2v) is 8.25. The third-order valence-electron chi connectivity index (χ3n) is 6.17. The lowest BCUT2D eigenvalue weighted by Gasteiger charge is -2.35. The van der Waals surface area contributed by atoms with Gasteiger partial charge in [-0.25, -0.2) is 0 Å². The van der Waals surface area contributed by atoms with Gasteiger partial charge < -0.3 is 19.5 Å². The smallest absolute Gasteiger partial charge is 0.225 e. The SMILES string of the molecule is CCCOc1ccc([C@@H]2CC(=O)NC3=C2C(=O)C[C@H](c2cc(OC)ccc2OC)C3)cc1. The van der Waals surface area contributed by atoms with Crippen LogP contribution in [0.25, 0.3) is 0 Å². The van der Waals surface area contributed by atoms with E-state index in [4.69, 9.17) is 14.2 Å². The van der Waals surface area contributed by atoms with E-state index in [0.29, 0.717) is 30.9 Å². The monoisotopic (exact) mass is 435 g/mol. The molecule has 0 unspecified atom stereocenters. The van der Waals surface area contributed by atoms with Gasteiger partial charge in [-0.2, -0.15) is 0 Å². The minimum atomic E-state index is -0.236. The molecule has 2 aliphatic rings. The molecular weight excluding hydrogens is 406 g/mol. The van der Waals surface area contributed by atoms with Crippen molar-refractivity contribution in [1.82, 2.24) is 5.32 Å². The molecule has 168 valence electrons. The van der Waals surface area contributed by atoms with Crippen LogP contribution in [0.1, 0.15) is 55.6 Å². The second-order valence-electron chi connectivity index (χ2n) is 8.25. The van der Waals surface area contributed by atoms with Crippen LogP contribution in [0, 0.1) is 0 Å². The fourth-order valence-electron chi connectivity index (χ4n) is 4.64. The Bertz CT molecular complexity index is 1040. The number of ketones is 1. The highest BCUT2D eigenvalue weighted by Crippen LogP contribution is 2.45. The highest BCUT2D eigenvalue weighted by atomic mass is 16.5. The number of benzene rings is 2. The Morgan fingerprint density at radius 1 is 0.938 bits per heavy atom. The Morgan fingerprint density at radius 3 is 2.38 bits per heavy atom. The van der Waals surface area contributed by atoms with Gasteiger partial charge in [0.2, 0.25) is 5.91 Å². The van der Waals surface area contributed by atoms with E-state index in [2.05, 4.69) is 12.2 Å². The zero-order chi connectivity index (χ0) is 22.7. The maximum atomic E-state index is 13.4. The molecule has 1 aliphatic carbocycles. The van der Waals surface area contributed by atoms with Crippen LogP contribution >= 0.6 is 0 Å². The quantitative estimate of drug-likeness (QED) is 0.693. The highest BCUT2D eigenvalue weighted by molar-refractivity contribution is 6.02. The van der Waals surface area contributed by atoms with Gasteiger partial charge in [0, 0.05) is 41.5 Å². The minimum Gasteiger partial charge on any atom is -0.497 e. The molecular formula is C26H29NO5. The first-order chi connectivity index (χ1) is 15.5. The number of methoxy groups -OCH3 is 2. The number of rotatable bonds is 7. The number of amides is 1. The van der Waals surface area contributed by atoms with Crippen LogP contribution in [-0.2, 0) is 9.59 Å². The molecule has 0 spiro atoms. The van der Waals surface area contributed by atoms with E-state index in [1.54, 1.807) is 14.2 Å².